The fourth-order valence-corrected chi connectivity index (χ4v) is 4.42. The van der Waals surface area contributed by atoms with Crippen molar-refractivity contribution in [3.05, 3.63) is 99.4 Å². The third-order valence-corrected chi connectivity index (χ3v) is 6.73. The highest BCUT2D eigenvalue weighted by atomic mass is 35.5. The van der Waals surface area contributed by atoms with Crippen molar-refractivity contribution in [2.75, 3.05) is 23.8 Å². The Morgan fingerprint density at radius 3 is 2.19 bits per heavy atom. The zero-order chi connectivity index (χ0) is 35.4. The molecule has 0 saturated heterocycles. The van der Waals surface area contributed by atoms with E-state index in [0.717, 1.165) is 12.1 Å². The van der Waals surface area contributed by atoms with E-state index < -0.39 is 41.6 Å². The molecule has 1 heterocycles. The van der Waals surface area contributed by atoms with Gasteiger partial charge in [0.25, 0.3) is 0 Å². The van der Waals surface area contributed by atoms with E-state index in [4.69, 9.17) is 37.4 Å². The molecule has 0 aliphatic heterocycles. The lowest BCUT2D eigenvalue weighted by molar-refractivity contribution is -0.142. The number of carbonyl (C=O) groups excluding carboxylic acids is 3. The van der Waals surface area contributed by atoms with E-state index in [1.807, 2.05) is 6.07 Å². The fraction of sp³-hybridized carbons (Fsp3) is 0.258. The van der Waals surface area contributed by atoms with Gasteiger partial charge in [0.2, 0.25) is 0 Å². The van der Waals surface area contributed by atoms with Crippen molar-refractivity contribution in [2.45, 2.75) is 39.1 Å². The molecule has 1 unspecified atom stereocenters. The molecule has 4 rings (SSSR count). The summed E-state index contributed by atoms with van der Waals surface area (Å²) in [5.41, 5.74) is -0.258. The van der Waals surface area contributed by atoms with Crippen LogP contribution in [0, 0.1) is 12.7 Å². The molecule has 2 amide bonds. The van der Waals surface area contributed by atoms with E-state index in [2.05, 4.69) is 15.7 Å². The maximum Gasteiger partial charge on any atom is 0.417 e. The Labute approximate surface area is 282 Å². The van der Waals surface area contributed by atoms with E-state index >= 15 is 0 Å². The molecule has 0 bridgehead atoms. The number of para-hydroxylation sites is 1. The molecule has 0 spiro atoms. The normalized spacial score (nSPS) is 11.2. The molecule has 256 valence electrons. The van der Waals surface area contributed by atoms with Gasteiger partial charge in [-0.15, -0.1) is 16.7 Å². The number of carbonyl (C=O) groups is 3. The van der Waals surface area contributed by atoms with Gasteiger partial charge in [-0.2, -0.15) is 13.5 Å². The molecule has 0 aliphatic rings. The van der Waals surface area contributed by atoms with Crippen LogP contribution in [-0.2, 0) is 20.7 Å². The first kappa shape index (κ1) is 37.4. The van der Waals surface area contributed by atoms with Crippen LogP contribution < -0.4 is 21.1 Å². The first-order valence-electron chi connectivity index (χ1n) is 14.2. The molecule has 0 saturated carbocycles. The number of hydrogen-bond acceptors (Lipinski definition) is 8. The minimum absolute atomic E-state index is 0.0424. The predicted molar refractivity (Wildman–Crippen MR) is 172 cm³/mol. The number of halogens is 5. The molecule has 2 N–H and O–H groups in total. The van der Waals surface area contributed by atoms with Crippen LogP contribution in [0.5, 0.6) is 5.75 Å². The van der Waals surface area contributed by atoms with Crippen molar-refractivity contribution in [3.63, 3.8) is 0 Å². The molecule has 0 fully saturated rings. The molecule has 17 heteroatoms. The van der Waals surface area contributed by atoms with Gasteiger partial charge in [-0.3, -0.25) is 15.4 Å². The minimum Gasteiger partial charge on any atom is -0.465 e. The minimum atomic E-state index is -3.12. The summed E-state index contributed by atoms with van der Waals surface area (Å²) in [6, 6.07) is 17.5. The molecule has 48 heavy (non-hydrogen) atoms. The summed E-state index contributed by atoms with van der Waals surface area (Å²) < 4.78 is 55.4. The van der Waals surface area contributed by atoms with Crippen LogP contribution in [0.2, 0.25) is 5.02 Å². The second kappa shape index (κ2) is 17.8. The average Bonchev–Trinajstić information content (AvgIpc) is 3.32. The van der Waals surface area contributed by atoms with Crippen molar-refractivity contribution in [3.8, 4) is 11.4 Å². The van der Waals surface area contributed by atoms with Gasteiger partial charge in [0, 0.05) is 28.9 Å². The number of nitrogens with one attached hydrogen (secondary N) is 2. The van der Waals surface area contributed by atoms with Gasteiger partial charge in [-0.1, -0.05) is 35.9 Å². The average molecular weight is 713 g/mol. The Balaban J connectivity index is 0.000000264. The summed E-state index contributed by atoms with van der Waals surface area (Å²) in [7, 11) is 0. The van der Waals surface area contributed by atoms with E-state index in [-0.39, 0.29) is 46.3 Å². The van der Waals surface area contributed by atoms with Crippen molar-refractivity contribution < 1.29 is 41.8 Å². The van der Waals surface area contributed by atoms with Crippen LogP contribution in [0.4, 0.5) is 34.1 Å². The number of amides is 2. The number of nitrogens with zero attached hydrogens (tertiary/aromatic N) is 3. The smallest absolute Gasteiger partial charge is 0.417 e. The lowest BCUT2D eigenvalue weighted by Crippen LogP contribution is -2.25. The largest absolute Gasteiger partial charge is 0.465 e. The van der Waals surface area contributed by atoms with Gasteiger partial charge in [-0.25, -0.2) is 23.3 Å². The molecule has 3 aromatic carbocycles. The molecular formula is C31H30Cl2F3N5O7. The Hall–Kier alpha value is -5.02. The SMILES string of the molecule is CCOC(=O)C(Cl)Cc1cc(-n2nc(C)n(C(F)F)c2=O)c(F)cc1Cl.CCOC(=O)Nc1cccc(OC(=O)Nc2ccccc2)c1. The standard InChI is InChI=1S/C16H16N2O4.C15H14Cl2F3N3O3/c1-2-21-15(19)18-13-9-6-10-14(11-13)22-16(20)17-12-7-4-3-5-8-12;1-3-26-13(24)10(17)4-8-5-12(11(18)6-9(8)16)23-15(25)22(14(19)20)7(2)21-23/h3-11H,2H2,1H3,(H,17,20)(H,18,19);5-6,10,14H,3-4H2,1-2H3. The summed E-state index contributed by atoms with van der Waals surface area (Å²) >= 11 is 11.9. The molecule has 1 aromatic heterocycles. The molecule has 0 aliphatic carbocycles. The maximum absolute atomic E-state index is 14.2. The van der Waals surface area contributed by atoms with Crippen LogP contribution in [0.15, 0.2) is 71.5 Å². The summed E-state index contributed by atoms with van der Waals surface area (Å²) in [4.78, 5) is 46.8. The highest BCUT2D eigenvalue weighted by Gasteiger charge is 2.23. The third-order valence-electron chi connectivity index (χ3n) is 6.05. The fourth-order valence-electron chi connectivity index (χ4n) is 3.96. The van der Waals surface area contributed by atoms with Gasteiger partial charge >= 0.3 is 30.4 Å². The zero-order valence-corrected chi connectivity index (χ0v) is 27.2. The number of benzene rings is 3. The van der Waals surface area contributed by atoms with Gasteiger partial charge in [0.1, 0.15) is 22.6 Å². The topological polar surface area (TPSA) is 143 Å². The summed E-state index contributed by atoms with van der Waals surface area (Å²) in [6.07, 6.45) is -1.29. The number of anilines is 2. The van der Waals surface area contributed by atoms with E-state index in [1.165, 1.54) is 13.0 Å². The van der Waals surface area contributed by atoms with Crippen molar-refractivity contribution in [1.29, 1.82) is 0 Å². The van der Waals surface area contributed by atoms with Crippen LogP contribution in [-0.4, -0.2) is 51.1 Å². The Bertz CT molecular complexity index is 1790. The number of esters is 1. The number of rotatable bonds is 10. The Kier molecular flexibility index (Phi) is 13.9. The second-order valence-electron chi connectivity index (χ2n) is 9.46. The highest BCUT2D eigenvalue weighted by molar-refractivity contribution is 6.32. The van der Waals surface area contributed by atoms with E-state index in [0.29, 0.717) is 21.8 Å². The summed E-state index contributed by atoms with van der Waals surface area (Å²) in [6.45, 7) is 1.80. The van der Waals surface area contributed by atoms with E-state index in [1.54, 1.807) is 56.3 Å². The Morgan fingerprint density at radius 1 is 0.917 bits per heavy atom. The number of hydrogen-bond donors (Lipinski definition) is 2. The Morgan fingerprint density at radius 2 is 1.56 bits per heavy atom. The molecule has 4 aromatic rings. The maximum atomic E-state index is 14.2. The van der Waals surface area contributed by atoms with Gasteiger partial charge < -0.3 is 14.2 Å². The van der Waals surface area contributed by atoms with Crippen molar-refractivity contribution in [1.82, 2.24) is 14.3 Å². The first-order chi connectivity index (χ1) is 22.8. The van der Waals surface area contributed by atoms with E-state index in [9.17, 15) is 32.3 Å². The second-order valence-corrected chi connectivity index (χ2v) is 10.4. The van der Waals surface area contributed by atoms with Crippen LogP contribution in [0.1, 0.15) is 31.8 Å². The zero-order valence-electron chi connectivity index (χ0n) is 25.7. The summed E-state index contributed by atoms with van der Waals surface area (Å²) in [5, 5.41) is 7.65. The number of ether oxygens (including phenoxy) is 3. The molecular weight excluding hydrogens is 682 g/mol. The lowest BCUT2D eigenvalue weighted by Gasteiger charge is -2.12. The lowest BCUT2D eigenvalue weighted by atomic mass is 10.1. The van der Waals surface area contributed by atoms with Crippen LogP contribution in [0.25, 0.3) is 5.69 Å². The van der Waals surface area contributed by atoms with Crippen molar-refractivity contribution in [2.24, 2.45) is 0 Å². The monoisotopic (exact) mass is 711 g/mol. The summed E-state index contributed by atoms with van der Waals surface area (Å²) in [5.74, 6) is -1.61. The van der Waals surface area contributed by atoms with Crippen LogP contribution in [0.3, 0.4) is 0 Å². The molecule has 12 nitrogen and oxygen atoms in total. The number of aryl methyl sites for hydroxylation is 1. The number of aromatic nitrogens is 3. The third kappa shape index (κ3) is 10.5. The van der Waals surface area contributed by atoms with Gasteiger partial charge in [-0.05, 0) is 62.7 Å². The van der Waals surface area contributed by atoms with Crippen molar-refractivity contribution >= 4 is 52.7 Å². The van der Waals surface area contributed by atoms with Crippen LogP contribution >= 0.6 is 23.2 Å². The number of alkyl halides is 3. The predicted octanol–water partition coefficient (Wildman–Crippen LogP) is 7.11. The highest BCUT2D eigenvalue weighted by Crippen LogP contribution is 2.26. The molecule has 0 radical (unpaired) electrons. The first-order valence-corrected chi connectivity index (χ1v) is 15.0. The van der Waals surface area contributed by atoms with Gasteiger partial charge in [0.15, 0.2) is 5.82 Å². The quantitative estimate of drug-likeness (QED) is 0.131. The van der Waals surface area contributed by atoms with Gasteiger partial charge in [0.05, 0.1) is 13.2 Å². The molecule has 1 atom stereocenters.